The average Bonchev–Trinajstić information content (AvgIpc) is 3.11. The number of ether oxygens (including phenoxy) is 2. The van der Waals surface area contributed by atoms with E-state index >= 15 is 0 Å². The van der Waals surface area contributed by atoms with Gasteiger partial charge in [0.1, 0.15) is 11.4 Å². The number of nitrogens with one attached hydrogen (secondary N) is 1. The quantitative estimate of drug-likeness (QED) is 0.516. The third kappa shape index (κ3) is 7.48. The van der Waals surface area contributed by atoms with E-state index in [1.54, 1.807) is 33.8 Å². The molecule has 0 unspecified atom stereocenters. The highest BCUT2D eigenvalue weighted by molar-refractivity contribution is 8.15. The number of aliphatic imine (C=N–C) groups is 1. The maximum absolute atomic E-state index is 12.7. The van der Waals surface area contributed by atoms with Gasteiger partial charge >= 0.3 is 18.2 Å². The predicted molar refractivity (Wildman–Crippen MR) is 131 cm³/mol. The van der Waals surface area contributed by atoms with Crippen LogP contribution < -0.4 is 15.0 Å². The van der Waals surface area contributed by atoms with Gasteiger partial charge in [-0.3, -0.25) is 9.69 Å². The standard InChI is InChI=1S/C24H24F3N3O5S/c1-14-5-10-18(34-13-24(25,26)27)17(11-14)30-19(31)12-36-22(30)29-21(33)28-16-8-6-15(7-9-16)20(32)35-23(2,3)4/h5-11H,12-13H2,1-4H3,(H,28,33). The van der Waals surface area contributed by atoms with Crippen LogP contribution in [0.15, 0.2) is 47.5 Å². The van der Waals surface area contributed by atoms with Crippen molar-refractivity contribution in [3.8, 4) is 5.75 Å². The Morgan fingerprint density at radius 3 is 2.39 bits per heavy atom. The van der Waals surface area contributed by atoms with Gasteiger partial charge in [0.05, 0.1) is 17.0 Å². The number of hydrogen-bond acceptors (Lipinski definition) is 6. The number of aryl methyl sites for hydroxylation is 1. The van der Waals surface area contributed by atoms with E-state index < -0.39 is 36.3 Å². The first kappa shape index (κ1) is 27.1. The molecule has 2 aromatic rings. The van der Waals surface area contributed by atoms with E-state index in [4.69, 9.17) is 9.47 Å². The van der Waals surface area contributed by atoms with Gasteiger partial charge in [0.25, 0.3) is 0 Å². The molecular weight excluding hydrogens is 499 g/mol. The second-order valence-corrected chi connectivity index (χ2v) is 9.74. The fraction of sp³-hybridized carbons (Fsp3) is 0.333. The smallest absolute Gasteiger partial charge is 0.422 e. The van der Waals surface area contributed by atoms with Crippen LogP contribution in [0.3, 0.4) is 0 Å². The van der Waals surface area contributed by atoms with Gasteiger partial charge in [-0.2, -0.15) is 18.2 Å². The van der Waals surface area contributed by atoms with Gasteiger partial charge in [-0.25, -0.2) is 9.59 Å². The first-order valence-corrected chi connectivity index (χ1v) is 11.7. The third-order valence-electron chi connectivity index (χ3n) is 4.48. The van der Waals surface area contributed by atoms with Crippen molar-refractivity contribution in [3.05, 3.63) is 53.6 Å². The molecule has 36 heavy (non-hydrogen) atoms. The Kier molecular flexibility index (Phi) is 7.97. The molecule has 8 nitrogen and oxygen atoms in total. The fourth-order valence-corrected chi connectivity index (χ4v) is 3.89. The Bertz CT molecular complexity index is 1190. The summed E-state index contributed by atoms with van der Waals surface area (Å²) < 4.78 is 48.3. The highest BCUT2D eigenvalue weighted by Gasteiger charge is 2.34. The van der Waals surface area contributed by atoms with Gasteiger partial charge in [-0.05, 0) is 69.7 Å². The summed E-state index contributed by atoms with van der Waals surface area (Å²) in [5.41, 5.74) is 0.702. The maximum Gasteiger partial charge on any atom is 0.422 e. The molecule has 0 radical (unpaired) electrons. The number of urea groups is 1. The van der Waals surface area contributed by atoms with Crippen molar-refractivity contribution in [2.24, 2.45) is 4.99 Å². The van der Waals surface area contributed by atoms with Gasteiger partial charge in [0.2, 0.25) is 5.91 Å². The molecule has 0 aliphatic carbocycles. The van der Waals surface area contributed by atoms with Crippen LogP contribution in [0.5, 0.6) is 5.75 Å². The molecule has 1 saturated heterocycles. The Labute approximate surface area is 209 Å². The molecular formula is C24H24F3N3O5S. The Morgan fingerprint density at radius 2 is 1.78 bits per heavy atom. The minimum atomic E-state index is -4.57. The lowest BCUT2D eigenvalue weighted by atomic mass is 10.1. The summed E-state index contributed by atoms with van der Waals surface area (Å²) in [4.78, 5) is 42.2. The summed E-state index contributed by atoms with van der Waals surface area (Å²) in [5, 5.41) is 2.52. The number of carbonyl (C=O) groups excluding carboxylic acids is 3. The van der Waals surface area contributed by atoms with Crippen molar-refractivity contribution in [2.45, 2.75) is 39.5 Å². The second-order valence-electron chi connectivity index (χ2n) is 8.80. The normalized spacial score (nSPS) is 15.2. The van der Waals surface area contributed by atoms with E-state index in [0.29, 0.717) is 16.8 Å². The molecule has 0 atom stereocenters. The Balaban J connectivity index is 1.78. The SMILES string of the molecule is Cc1ccc(OCC(F)(F)F)c(N2C(=O)CSC2=NC(=O)Nc2ccc(C(=O)OC(C)(C)C)cc2)c1. The summed E-state index contributed by atoms with van der Waals surface area (Å²) >= 11 is 0.969. The number of carbonyl (C=O) groups is 3. The first-order valence-electron chi connectivity index (χ1n) is 10.7. The van der Waals surface area contributed by atoms with Gasteiger partial charge in [-0.15, -0.1) is 0 Å². The summed E-state index contributed by atoms with van der Waals surface area (Å²) in [7, 11) is 0. The number of benzene rings is 2. The van der Waals surface area contributed by atoms with Gasteiger partial charge < -0.3 is 14.8 Å². The van der Waals surface area contributed by atoms with Crippen molar-refractivity contribution in [3.63, 3.8) is 0 Å². The minimum absolute atomic E-state index is 0.00895. The van der Waals surface area contributed by atoms with Crippen LogP contribution >= 0.6 is 11.8 Å². The summed E-state index contributed by atoms with van der Waals surface area (Å²) in [6.45, 7) is 5.40. The molecule has 1 heterocycles. The number of amides is 3. The molecule has 0 aromatic heterocycles. The van der Waals surface area contributed by atoms with E-state index in [9.17, 15) is 27.6 Å². The highest BCUT2D eigenvalue weighted by atomic mass is 32.2. The number of amidine groups is 1. The molecule has 3 rings (SSSR count). The number of anilines is 2. The number of halogens is 3. The van der Waals surface area contributed by atoms with E-state index in [2.05, 4.69) is 10.3 Å². The van der Waals surface area contributed by atoms with Crippen LogP contribution in [-0.4, -0.2) is 47.2 Å². The van der Waals surface area contributed by atoms with Crippen LogP contribution in [0.25, 0.3) is 0 Å². The van der Waals surface area contributed by atoms with Gasteiger partial charge in [0.15, 0.2) is 11.8 Å². The molecule has 0 spiro atoms. The zero-order chi connectivity index (χ0) is 26.7. The number of nitrogens with zero attached hydrogens (tertiary/aromatic N) is 2. The summed E-state index contributed by atoms with van der Waals surface area (Å²) in [6, 6.07) is 9.49. The van der Waals surface area contributed by atoms with Crippen LogP contribution in [-0.2, 0) is 9.53 Å². The maximum atomic E-state index is 12.7. The second kappa shape index (κ2) is 10.6. The monoisotopic (exact) mass is 523 g/mol. The molecule has 192 valence electrons. The van der Waals surface area contributed by atoms with Crippen molar-refractivity contribution < 1.29 is 37.0 Å². The summed E-state index contributed by atoms with van der Waals surface area (Å²) in [6.07, 6.45) is -4.57. The number of hydrogen-bond donors (Lipinski definition) is 1. The van der Waals surface area contributed by atoms with Crippen LogP contribution in [0, 0.1) is 6.92 Å². The molecule has 2 aromatic carbocycles. The van der Waals surface area contributed by atoms with Gasteiger partial charge in [-0.1, -0.05) is 17.8 Å². The zero-order valence-electron chi connectivity index (χ0n) is 19.9. The number of thioether (sulfide) groups is 1. The summed E-state index contributed by atoms with van der Waals surface area (Å²) in [5.74, 6) is -1.20. The molecule has 1 aliphatic rings. The molecule has 1 aliphatic heterocycles. The largest absolute Gasteiger partial charge is 0.482 e. The lowest BCUT2D eigenvalue weighted by Crippen LogP contribution is -2.31. The van der Waals surface area contributed by atoms with E-state index in [0.717, 1.165) is 16.7 Å². The topological polar surface area (TPSA) is 97.3 Å². The lowest BCUT2D eigenvalue weighted by Gasteiger charge is -2.21. The van der Waals surface area contributed by atoms with Gasteiger partial charge in [0, 0.05) is 5.69 Å². The third-order valence-corrected chi connectivity index (χ3v) is 5.40. The number of esters is 1. The van der Waals surface area contributed by atoms with Crippen molar-refractivity contribution in [2.75, 3.05) is 22.6 Å². The molecule has 0 bridgehead atoms. The van der Waals surface area contributed by atoms with E-state index in [1.165, 1.54) is 36.4 Å². The average molecular weight is 524 g/mol. The van der Waals surface area contributed by atoms with Crippen molar-refractivity contribution in [1.29, 1.82) is 0 Å². The molecule has 0 saturated carbocycles. The molecule has 12 heteroatoms. The lowest BCUT2D eigenvalue weighted by molar-refractivity contribution is -0.153. The van der Waals surface area contributed by atoms with Crippen molar-refractivity contribution in [1.82, 2.24) is 0 Å². The molecule has 1 fully saturated rings. The Morgan fingerprint density at radius 1 is 1.11 bits per heavy atom. The number of rotatable bonds is 5. The zero-order valence-corrected chi connectivity index (χ0v) is 20.7. The fourth-order valence-electron chi connectivity index (χ4n) is 3.03. The minimum Gasteiger partial charge on any atom is -0.482 e. The molecule has 3 amide bonds. The van der Waals surface area contributed by atoms with E-state index in [-0.39, 0.29) is 22.4 Å². The molecule has 1 N–H and O–H groups in total. The van der Waals surface area contributed by atoms with Crippen molar-refractivity contribution >= 4 is 46.2 Å². The Hall–Kier alpha value is -3.54. The van der Waals surface area contributed by atoms with Crippen LogP contribution in [0.4, 0.5) is 29.3 Å². The van der Waals surface area contributed by atoms with E-state index in [1.807, 2.05) is 0 Å². The number of alkyl halides is 3. The predicted octanol–water partition coefficient (Wildman–Crippen LogP) is 5.56. The van der Waals surface area contributed by atoms with Crippen LogP contribution in [0.2, 0.25) is 0 Å². The van der Waals surface area contributed by atoms with Crippen LogP contribution in [0.1, 0.15) is 36.7 Å². The highest BCUT2D eigenvalue weighted by Crippen LogP contribution is 2.36. The first-order chi connectivity index (χ1) is 16.7.